The van der Waals surface area contributed by atoms with E-state index in [4.69, 9.17) is 9.47 Å². The summed E-state index contributed by atoms with van der Waals surface area (Å²) in [6.45, 7) is 3.40. The fourth-order valence-electron chi connectivity index (χ4n) is 3.06. The second-order valence-electron chi connectivity index (χ2n) is 8.39. The molecule has 1 unspecified atom stereocenters. The fraction of sp³-hybridized carbons (Fsp3) is 0.440. The molecule has 0 aliphatic carbocycles. The van der Waals surface area contributed by atoms with Crippen molar-refractivity contribution in [1.82, 2.24) is 0 Å². The van der Waals surface area contributed by atoms with Crippen LogP contribution in [0.2, 0.25) is 0 Å². The van der Waals surface area contributed by atoms with Crippen molar-refractivity contribution >= 4 is 32.6 Å². The lowest BCUT2D eigenvalue weighted by Gasteiger charge is -2.12. The molecule has 0 aromatic heterocycles. The largest absolute Gasteiger partial charge is 0.493 e. The Morgan fingerprint density at radius 2 is 1.21 bits per heavy atom. The van der Waals surface area contributed by atoms with Crippen molar-refractivity contribution in [2.45, 2.75) is 45.5 Å². The van der Waals surface area contributed by atoms with Crippen molar-refractivity contribution < 1.29 is 57.0 Å². The van der Waals surface area contributed by atoms with E-state index in [1.807, 2.05) is 0 Å². The van der Waals surface area contributed by atoms with Crippen LogP contribution in [-0.2, 0) is 29.8 Å². The van der Waals surface area contributed by atoms with E-state index in [2.05, 4.69) is 18.9 Å². The zero-order valence-corrected chi connectivity index (χ0v) is 24.0. The number of hydrogen-bond donors (Lipinski definition) is 0. The molecule has 2 rings (SSSR count). The van der Waals surface area contributed by atoms with E-state index in [9.17, 15) is 39.0 Å². The highest BCUT2D eigenvalue weighted by molar-refractivity contribution is 7.86. The average molecular weight is 647 g/mol. The Kier molecular flexibility index (Phi) is 13.1. The van der Waals surface area contributed by atoms with Gasteiger partial charge in [0.05, 0.1) is 24.7 Å². The van der Waals surface area contributed by atoms with E-state index in [0.717, 1.165) is 24.3 Å². The molecule has 0 fully saturated rings. The number of oxime groups is 2. The second-order valence-corrected chi connectivity index (χ2v) is 11.2. The predicted octanol–water partition coefficient (Wildman–Crippen LogP) is 5.91. The number of halogens is 6. The first kappa shape index (κ1) is 34.9. The summed E-state index contributed by atoms with van der Waals surface area (Å²) < 4.78 is 134. The van der Waals surface area contributed by atoms with Gasteiger partial charge in [0.25, 0.3) is 0 Å². The highest BCUT2D eigenvalue weighted by Crippen LogP contribution is 2.26. The van der Waals surface area contributed by atoms with E-state index in [0.29, 0.717) is 12.8 Å². The Morgan fingerprint density at radius 3 is 1.62 bits per heavy atom. The Hall–Kier alpha value is -3.34. The second kappa shape index (κ2) is 15.8. The molecule has 42 heavy (non-hydrogen) atoms. The minimum absolute atomic E-state index is 0.0348. The van der Waals surface area contributed by atoms with Crippen molar-refractivity contribution in [3.05, 3.63) is 59.7 Å². The number of alkyl halides is 6. The van der Waals surface area contributed by atoms with Gasteiger partial charge >= 0.3 is 22.5 Å². The molecule has 9 nitrogen and oxygen atoms in total. The molecular formula is C25H28F6N2O7S2. The van der Waals surface area contributed by atoms with Crippen molar-refractivity contribution in [1.29, 1.82) is 0 Å². The lowest BCUT2D eigenvalue weighted by atomic mass is 10.1. The van der Waals surface area contributed by atoms with Gasteiger partial charge in [-0.05, 0) is 61.4 Å². The summed E-state index contributed by atoms with van der Waals surface area (Å²) in [5, 5.41) is 5.84. The van der Waals surface area contributed by atoms with Gasteiger partial charge in [-0.25, -0.2) is 4.21 Å². The molecule has 0 amide bonds. The zero-order chi connectivity index (χ0) is 31.4. The maximum Gasteiger partial charge on any atom is 0.437 e. The lowest BCUT2D eigenvalue weighted by Crippen LogP contribution is -2.25. The molecule has 0 spiro atoms. The van der Waals surface area contributed by atoms with Crippen LogP contribution in [0.25, 0.3) is 0 Å². The molecule has 0 saturated heterocycles. The summed E-state index contributed by atoms with van der Waals surface area (Å²) in [7, 11) is -4.25. The van der Waals surface area contributed by atoms with Crippen LogP contribution in [-0.4, -0.2) is 61.1 Å². The third kappa shape index (κ3) is 11.9. The maximum atomic E-state index is 13.4. The number of ether oxygens (including phenoxy) is 2. The molecule has 0 N–H and O–H groups in total. The first-order valence-corrected chi connectivity index (χ1v) is 15.2. The maximum absolute atomic E-state index is 13.4. The zero-order valence-electron chi connectivity index (χ0n) is 22.4. The smallest absolute Gasteiger partial charge is 0.437 e. The van der Waals surface area contributed by atoms with Gasteiger partial charge in [-0.3, -0.25) is 8.57 Å². The van der Waals surface area contributed by atoms with Gasteiger partial charge in [0, 0.05) is 17.5 Å². The van der Waals surface area contributed by atoms with Crippen LogP contribution in [0.3, 0.4) is 0 Å². The van der Waals surface area contributed by atoms with Gasteiger partial charge < -0.3 is 9.47 Å². The Labute approximate surface area is 241 Å². The van der Waals surface area contributed by atoms with Gasteiger partial charge in [0.2, 0.25) is 11.1 Å². The molecule has 0 saturated carbocycles. The predicted molar refractivity (Wildman–Crippen MR) is 143 cm³/mol. The van der Waals surface area contributed by atoms with Crippen LogP contribution >= 0.6 is 0 Å². The van der Waals surface area contributed by atoms with E-state index >= 15 is 0 Å². The highest BCUT2D eigenvalue weighted by atomic mass is 32.2. The third-order valence-electron chi connectivity index (χ3n) is 4.90. The van der Waals surface area contributed by atoms with Crippen molar-refractivity contribution in [3.63, 3.8) is 0 Å². The van der Waals surface area contributed by atoms with Crippen LogP contribution in [0.15, 0.2) is 58.8 Å². The van der Waals surface area contributed by atoms with Gasteiger partial charge in [-0.1, -0.05) is 24.2 Å². The van der Waals surface area contributed by atoms with Crippen molar-refractivity contribution in [2.75, 3.05) is 24.7 Å². The van der Waals surface area contributed by atoms with E-state index in [1.54, 1.807) is 6.92 Å². The number of nitrogens with zero attached hydrogens (tertiary/aromatic N) is 2. The Morgan fingerprint density at radius 1 is 0.762 bits per heavy atom. The summed E-state index contributed by atoms with van der Waals surface area (Å²) in [6, 6.07) is 9.37. The number of hydrogen-bond acceptors (Lipinski definition) is 9. The fourth-order valence-corrected chi connectivity index (χ4v) is 4.39. The normalized spacial score (nSPS) is 13.9. The Balaban J connectivity index is 1.91. The Bertz CT molecular complexity index is 1330. The number of benzene rings is 2. The topological polar surface area (TPSA) is 113 Å². The molecular weight excluding hydrogens is 618 g/mol. The standard InChI is InChI=1S/C25H28F6N2O7S2/c1-3-16-41(34)39-32-22(24(26,27)28)18-6-10-20(11-7-18)37-14-5-15-38-21-12-8-19(9-13-21)23(25(29,30)31)33-40-42(35,36)17-4-2/h6-13H,3-5,14-17H2,1-2H3/b32-22-,33-23-. The van der Waals surface area contributed by atoms with Crippen molar-refractivity contribution in [3.8, 4) is 11.5 Å². The van der Waals surface area contributed by atoms with Crippen LogP contribution in [0.5, 0.6) is 11.5 Å². The monoisotopic (exact) mass is 646 g/mol. The van der Waals surface area contributed by atoms with Gasteiger partial charge in [0.15, 0.2) is 11.4 Å². The highest BCUT2D eigenvalue weighted by Gasteiger charge is 2.39. The summed E-state index contributed by atoms with van der Waals surface area (Å²) >= 11 is -1.99. The van der Waals surface area contributed by atoms with Gasteiger partial charge in [-0.2, -0.15) is 34.8 Å². The number of rotatable bonds is 16. The first-order valence-electron chi connectivity index (χ1n) is 12.4. The van der Waals surface area contributed by atoms with Crippen LogP contribution < -0.4 is 9.47 Å². The first-order chi connectivity index (χ1) is 19.7. The van der Waals surface area contributed by atoms with E-state index in [1.165, 1.54) is 31.2 Å². The van der Waals surface area contributed by atoms with Crippen LogP contribution in [0.4, 0.5) is 26.3 Å². The summed E-state index contributed by atoms with van der Waals surface area (Å²) in [5.41, 5.74) is -3.63. The minimum Gasteiger partial charge on any atom is -0.493 e. The third-order valence-corrected chi connectivity index (χ3v) is 7.09. The van der Waals surface area contributed by atoms with Gasteiger partial charge in [-0.15, -0.1) is 0 Å². The lowest BCUT2D eigenvalue weighted by molar-refractivity contribution is -0.0606. The van der Waals surface area contributed by atoms with Crippen LogP contribution in [0.1, 0.15) is 44.2 Å². The quantitative estimate of drug-likeness (QED) is 0.0964. The molecule has 0 aliphatic rings. The van der Waals surface area contributed by atoms with E-state index < -0.39 is 56.3 Å². The molecule has 2 aromatic carbocycles. The minimum atomic E-state index is -4.98. The SMILES string of the molecule is CCCS(=O)O/N=C(/c1ccc(OCCCOc2ccc(/C(=N/OS(=O)(=O)CCC)C(F)(F)F)cc2)cc1)C(F)(F)F. The molecule has 2 aromatic rings. The molecule has 0 aliphatic heterocycles. The van der Waals surface area contributed by atoms with Crippen molar-refractivity contribution in [2.24, 2.45) is 10.3 Å². The summed E-state index contributed by atoms with van der Waals surface area (Å²) in [6.07, 6.45) is -8.94. The molecule has 0 bridgehead atoms. The average Bonchev–Trinajstić information content (AvgIpc) is 2.89. The molecule has 0 heterocycles. The molecule has 17 heteroatoms. The van der Waals surface area contributed by atoms with Gasteiger partial charge in [0.1, 0.15) is 11.5 Å². The molecule has 0 radical (unpaired) electrons. The molecule has 1 atom stereocenters. The van der Waals surface area contributed by atoms with E-state index in [-0.39, 0.29) is 42.4 Å². The summed E-state index contributed by atoms with van der Waals surface area (Å²) in [4.78, 5) is 0. The summed E-state index contributed by atoms with van der Waals surface area (Å²) in [5.74, 6) is 0.00997. The van der Waals surface area contributed by atoms with Crippen LogP contribution in [0, 0.1) is 0 Å². The molecule has 234 valence electrons.